The summed E-state index contributed by atoms with van der Waals surface area (Å²) in [7, 11) is 0. The molecule has 0 unspecified atom stereocenters. The first-order valence-electron chi connectivity index (χ1n) is 25.3. The van der Waals surface area contributed by atoms with Gasteiger partial charge in [-0.3, -0.25) is 0 Å². The standard InChI is InChI=1S/C67H39F2N9/c1-70-54-40-60(78-56-32-17-15-28-48(56)50-38-46(34-36-58(50)78)67-75-64(43-23-10-4-11-24-43)72-65(76-67)44-25-12-5-13-26-44)59(39-51(54)61-52(68)29-18-30-53(61)69)77-55-31-16-14-27-47(55)49-37-45(33-35-57(49)77)66-73-62(41-19-6-2-7-20-41)71-63(74-66)42-21-8-3-9-22-42/h2-40H. The van der Waals surface area contributed by atoms with Crippen LogP contribution >= 0.6 is 0 Å². The number of benzene rings is 10. The summed E-state index contributed by atoms with van der Waals surface area (Å²) in [5.41, 5.74) is 9.39. The number of fused-ring (bicyclic) bond motifs is 6. The zero-order valence-electron chi connectivity index (χ0n) is 41.3. The van der Waals surface area contributed by atoms with Gasteiger partial charge in [-0.1, -0.05) is 164 Å². The third-order valence-electron chi connectivity index (χ3n) is 14.2. The Balaban J connectivity index is 1.01. The molecule has 0 radical (unpaired) electrons. The fraction of sp³-hybridized carbons (Fsp3) is 0. The molecule has 0 amide bonds. The minimum Gasteiger partial charge on any atom is -0.308 e. The zero-order valence-corrected chi connectivity index (χ0v) is 41.3. The van der Waals surface area contributed by atoms with Gasteiger partial charge in [0.15, 0.2) is 40.6 Å². The van der Waals surface area contributed by atoms with Gasteiger partial charge in [0, 0.05) is 60.5 Å². The first kappa shape index (κ1) is 45.8. The van der Waals surface area contributed by atoms with E-state index >= 15 is 8.78 Å². The second-order valence-electron chi connectivity index (χ2n) is 18.8. The lowest BCUT2D eigenvalue weighted by molar-refractivity contribution is 0.590. The van der Waals surface area contributed by atoms with Crippen molar-refractivity contribution in [2.45, 2.75) is 0 Å². The number of hydrogen-bond donors (Lipinski definition) is 0. The third-order valence-corrected chi connectivity index (χ3v) is 14.2. The Morgan fingerprint density at radius 2 is 0.641 bits per heavy atom. The lowest BCUT2D eigenvalue weighted by Crippen LogP contribution is -2.05. The van der Waals surface area contributed by atoms with Gasteiger partial charge in [-0.25, -0.2) is 43.5 Å². The van der Waals surface area contributed by atoms with Crippen molar-refractivity contribution in [3.63, 3.8) is 0 Å². The molecule has 0 aliphatic carbocycles. The third kappa shape index (κ3) is 7.83. The second-order valence-corrected chi connectivity index (χ2v) is 18.8. The van der Waals surface area contributed by atoms with Crippen LogP contribution in [0.25, 0.3) is 139 Å². The van der Waals surface area contributed by atoms with Crippen LogP contribution in [0.15, 0.2) is 237 Å². The molecule has 14 rings (SSSR count). The molecule has 14 aromatic rings. The Morgan fingerprint density at radius 1 is 0.308 bits per heavy atom. The van der Waals surface area contributed by atoms with E-state index in [1.54, 1.807) is 12.1 Å². The molecule has 0 aliphatic heterocycles. The molecule has 0 saturated heterocycles. The van der Waals surface area contributed by atoms with Gasteiger partial charge >= 0.3 is 0 Å². The molecule has 11 heteroatoms. The van der Waals surface area contributed by atoms with E-state index in [9.17, 15) is 0 Å². The summed E-state index contributed by atoms with van der Waals surface area (Å²) >= 11 is 0. The van der Waals surface area contributed by atoms with Crippen molar-refractivity contribution in [3.8, 4) is 90.8 Å². The molecular weight excluding hydrogens is 969 g/mol. The van der Waals surface area contributed by atoms with Gasteiger partial charge in [-0.2, -0.15) is 0 Å². The molecule has 0 N–H and O–H groups in total. The van der Waals surface area contributed by atoms with Crippen molar-refractivity contribution in [1.82, 2.24) is 39.0 Å². The van der Waals surface area contributed by atoms with Crippen LogP contribution in [0.2, 0.25) is 0 Å². The van der Waals surface area contributed by atoms with Gasteiger partial charge in [-0.05, 0) is 78.4 Å². The van der Waals surface area contributed by atoms with E-state index in [1.807, 2.05) is 182 Å². The van der Waals surface area contributed by atoms with Crippen LogP contribution in [0.4, 0.5) is 14.5 Å². The molecular formula is C67H39F2N9. The van der Waals surface area contributed by atoms with Crippen LogP contribution in [0.5, 0.6) is 0 Å². The van der Waals surface area contributed by atoms with Crippen LogP contribution in [0.3, 0.4) is 0 Å². The van der Waals surface area contributed by atoms with Crippen LogP contribution < -0.4 is 0 Å². The summed E-state index contributed by atoms with van der Waals surface area (Å²) < 4.78 is 36.5. The van der Waals surface area contributed by atoms with Gasteiger partial charge in [0.25, 0.3) is 0 Å². The first-order chi connectivity index (χ1) is 38.5. The summed E-state index contributed by atoms with van der Waals surface area (Å²) in [6.07, 6.45) is 0. The topological polar surface area (TPSA) is 91.6 Å². The van der Waals surface area contributed by atoms with Gasteiger partial charge in [0.05, 0.1) is 40.0 Å². The lowest BCUT2D eigenvalue weighted by atomic mass is 10.00. The number of halogens is 2. The summed E-state index contributed by atoms with van der Waals surface area (Å²) in [5.74, 6) is 1.62. The predicted molar refractivity (Wildman–Crippen MR) is 306 cm³/mol. The molecule has 78 heavy (non-hydrogen) atoms. The Bertz CT molecular complexity index is 4570. The van der Waals surface area contributed by atoms with E-state index in [1.165, 1.54) is 18.2 Å². The Morgan fingerprint density at radius 3 is 1.03 bits per heavy atom. The Labute approximate surface area is 445 Å². The molecule has 0 bridgehead atoms. The minimum absolute atomic E-state index is 0.0775. The van der Waals surface area contributed by atoms with Crippen molar-refractivity contribution in [1.29, 1.82) is 0 Å². The van der Waals surface area contributed by atoms with Gasteiger partial charge in [0.1, 0.15) is 11.6 Å². The monoisotopic (exact) mass is 1010 g/mol. The number of para-hydroxylation sites is 2. The highest BCUT2D eigenvalue weighted by Crippen LogP contribution is 2.45. The van der Waals surface area contributed by atoms with Crippen molar-refractivity contribution >= 4 is 49.3 Å². The maximum absolute atomic E-state index is 16.1. The fourth-order valence-corrected chi connectivity index (χ4v) is 10.6. The van der Waals surface area contributed by atoms with Gasteiger partial charge in [0.2, 0.25) is 0 Å². The van der Waals surface area contributed by atoms with Crippen molar-refractivity contribution in [2.75, 3.05) is 0 Å². The fourth-order valence-electron chi connectivity index (χ4n) is 10.6. The number of rotatable bonds is 9. The van der Waals surface area contributed by atoms with E-state index < -0.39 is 11.6 Å². The predicted octanol–water partition coefficient (Wildman–Crippen LogP) is 16.7. The molecule has 0 aliphatic rings. The zero-order chi connectivity index (χ0) is 52.3. The smallest absolute Gasteiger partial charge is 0.197 e. The van der Waals surface area contributed by atoms with Crippen molar-refractivity contribution < 1.29 is 8.78 Å². The Kier molecular flexibility index (Phi) is 11.0. The molecule has 10 aromatic carbocycles. The summed E-state index contributed by atoms with van der Waals surface area (Å²) in [5, 5.41) is 3.64. The van der Waals surface area contributed by atoms with E-state index in [0.717, 1.165) is 77.0 Å². The summed E-state index contributed by atoms with van der Waals surface area (Å²) in [6.45, 7) is 8.59. The number of aromatic nitrogens is 8. The largest absolute Gasteiger partial charge is 0.308 e. The maximum Gasteiger partial charge on any atom is 0.197 e. The molecule has 0 saturated carbocycles. The highest BCUT2D eigenvalue weighted by atomic mass is 19.1. The van der Waals surface area contributed by atoms with Gasteiger partial charge in [-0.15, -0.1) is 0 Å². The van der Waals surface area contributed by atoms with Crippen molar-refractivity contribution in [3.05, 3.63) is 260 Å². The van der Waals surface area contributed by atoms with Gasteiger partial charge < -0.3 is 9.13 Å². The molecule has 4 heterocycles. The van der Waals surface area contributed by atoms with Crippen molar-refractivity contribution in [2.24, 2.45) is 0 Å². The minimum atomic E-state index is -0.777. The van der Waals surface area contributed by atoms with Crippen LogP contribution in [0.1, 0.15) is 0 Å². The highest BCUT2D eigenvalue weighted by molar-refractivity contribution is 6.13. The molecule has 366 valence electrons. The maximum atomic E-state index is 16.1. The summed E-state index contributed by atoms with van der Waals surface area (Å²) in [4.78, 5) is 34.1. The molecule has 9 nitrogen and oxygen atoms in total. The average Bonchev–Trinajstić information content (AvgIpc) is 4.22. The highest BCUT2D eigenvalue weighted by Gasteiger charge is 2.26. The number of hydrogen-bond acceptors (Lipinski definition) is 6. The van der Waals surface area contributed by atoms with Crippen LogP contribution in [-0.4, -0.2) is 39.0 Å². The first-order valence-corrected chi connectivity index (χ1v) is 25.3. The Hall–Kier alpha value is -10.8. The number of nitrogens with zero attached hydrogens (tertiary/aromatic N) is 9. The quantitative estimate of drug-likeness (QED) is 0.134. The second kappa shape index (κ2) is 18.8. The molecule has 4 aromatic heterocycles. The van der Waals surface area contributed by atoms with E-state index in [4.69, 9.17) is 36.5 Å². The SMILES string of the molecule is [C-]#[N+]c1cc(-n2c3ccccc3c3cc(-c4nc(-c5ccccc5)nc(-c5ccccc5)n4)ccc32)c(-n2c3ccccc3c3cc(-c4nc(-c5ccccc5)nc(-c5ccccc5)n4)ccc32)cc1-c1c(F)cccc1F. The van der Waals surface area contributed by atoms with E-state index in [-0.39, 0.29) is 16.8 Å². The van der Waals surface area contributed by atoms with E-state index in [2.05, 4.69) is 38.2 Å². The van der Waals surface area contributed by atoms with E-state index in [0.29, 0.717) is 46.3 Å². The average molecular weight is 1010 g/mol. The summed E-state index contributed by atoms with van der Waals surface area (Å²) in [6, 6.07) is 75.2. The molecule has 0 atom stereocenters. The lowest BCUT2D eigenvalue weighted by Gasteiger charge is -2.20. The van der Waals surface area contributed by atoms with Crippen LogP contribution in [-0.2, 0) is 0 Å². The molecule has 0 spiro atoms. The normalized spacial score (nSPS) is 11.4. The van der Waals surface area contributed by atoms with Crippen LogP contribution in [0, 0.1) is 18.2 Å². The molecule has 0 fully saturated rings.